The van der Waals surface area contributed by atoms with Crippen LogP contribution in [0.15, 0.2) is 0 Å². The largest absolute Gasteiger partial charge is 0.395 e. The summed E-state index contributed by atoms with van der Waals surface area (Å²) in [6.45, 7) is 4.09. The normalized spacial score (nSPS) is 23.4. The molecule has 1 aromatic rings. The van der Waals surface area contributed by atoms with E-state index in [2.05, 4.69) is 12.0 Å². The average Bonchev–Trinajstić information content (AvgIpc) is 2.61. The summed E-state index contributed by atoms with van der Waals surface area (Å²) in [5, 5.41) is 4.22. The van der Waals surface area contributed by atoms with Crippen molar-refractivity contribution < 1.29 is 4.79 Å². The number of nitrogen functional groups attached to an aromatic ring is 1. The molecule has 1 aliphatic carbocycles. The highest BCUT2D eigenvalue weighted by atomic mass is 16.2. The average molecular weight is 264 g/mol. The zero-order chi connectivity index (χ0) is 14.2. The number of anilines is 1. The molecule has 5 heteroatoms. The number of nitrogens with zero attached hydrogens (tertiary/aromatic N) is 3. The van der Waals surface area contributed by atoms with E-state index in [1.165, 1.54) is 12.8 Å². The zero-order valence-electron chi connectivity index (χ0n) is 12.3. The Morgan fingerprint density at radius 1 is 1.47 bits per heavy atom. The van der Waals surface area contributed by atoms with Gasteiger partial charge in [0.1, 0.15) is 5.69 Å². The highest BCUT2D eigenvalue weighted by Crippen LogP contribution is 2.28. The number of aryl methyl sites for hydroxylation is 2. The van der Waals surface area contributed by atoms with E-state index >= 15 is 0 Å². The number of aromatic nitrogens is 2. The van der Waals surface area contributed by atoms with Crippen LogP contribution in [-0.4, -0.2) is 33.7 Å². The van der Waals surface area contributed by atoms with Gasteiger partial charge in [-0.2, -0.15) is 5.10 Å². The second-order valence-electron chi connectivity index (χ2n) is 5.81. The molecule has 19 heavy (non-hydrogen) atoms. The van der Waals surface area contributed by atoms with E-state index in [0.717, 1.165) is 18.5 Å². The smallest absolute Gasteiger partial charge is 0.274 e. The Bertz CT molecular complexity index is 480. The predicted octanol–water partition coefficient (Wildman–Crippen LogP) is 1.96. The highest BCUT2D eigenvalue weighted by Gasteiger charge is 2.29. The number of hydrogen-bond acceptors (Lipinski definition) is 3. The SMILES string of the molecule is Cc1nn(C)c(C(=O)N(C)C2CCCC(C)C2)c1N. The molecule has 1 aromatic heterocycles. The molecular formula is C14H24N4O. The number of rotatable bonds is 2. The van der Waals surface area contributed by atoms with Crippen molar-refractivity contribution in [3.8, 4) is 0 Å². The molecule has 1 aliphatic rings. The monoisotopic (exact) mass is 264 g/mol. The minimum atomic E-state index is -0.0142. The first-order chi connectivity index (χ1) is 8.91. The minimum Gasteiger partial charge on any atom is -0.395 e. The van der Waals surface area contributed by atoms with Gasteiger partial charge in [0.15, 0.2) is 0 Å². The summed E-state index contributed by atoms with van der Waals surface area (Å²) in [7, 11) is 3.65. The Labute approximate surface area is 114 Å². The molecule has 1 heterocycles. The van der Waals surface area contributed by atoms with Crippen molar-refractivity contribution in [2.45, 2.75) is 45.6 Å². The Morgan fingerprint density at radius 3 is 2.68 bits per heavy atom. The molecule has 2 rings (SSSR count). The molecular weight excluding hydrogens is 240 g/mol. The van der Waals surface area contributed by atoms with Crippen molar-refractivity contribution in [1.29, 1.82) is 0 Å². The topological polar surface area (TPSA) is 64.2 Å². The molecule has 0 aromatic carbocycles. The van der Waals surface area contributed by atoms with Crippen LogP contribution in [0.5, 0.6) is 0 Å². The molecule has 0 saturated heterocycles. The molecule has 2 atom stereocenters. The third-order valence-corrected chi connectivity index (χ3v) is 4.25. The summed E-state index contributed by atoms with van der Waals surface area (Å²) in [5.41, 5.74) is 7.70. The Balaban J connectivity index is 2.19. The molecule has 0 spiro atoms. The van der Waals surface area contributed by atoms with Gasteiger partial charge in [-0.3, -0.25) is 9.48 Å². The molecule has 106 valence electrons. The van der Waals surface area contributed by atoms with Gasteiger partial charge >= 0.3 is 0 Å². The second-order valence-corrected chi connectivity index (χ2v) is 5.81. The van der Waals surface area contributed by atoms with Gasteiger partial charge in [-0.05, 0) is 25.7 Å². The first-order valence-corrected chi connectivity index (χ1v) is 6.98. The fraction of sp³-hybridized carbons (Fsp3) is 0.714. The Hall–Kier alpha value is -1.52. The van der Waals surface area contributed by atoms with E-state index in [0.29, 0.717) is 23.3 Å². The van der Waals surface area contributed by atoms with Crippen LogP contribution in [0.4, 0.5) is 5.69 Å². The second kappa shape index (κ2) is 5.23. The van der Waals surface area contributed by atoms with E-state index in [-0.39, 0.29) is 5.91 Å². The maximum atomic E-state index is 12.6. The van der Waals surface area contributed by atoms with Crippen molar-refractivity contribution in [2.75, 3.05) is 12.8 Å². The molecule has 0 bridgehead atoms. The quantitative estimate of drug-likeness (QED) is 0.888. The van der Waals surface area contributed by atoms with Crippen molar-refractivity contribution >= 4 is 11.6 Å². The molecule has 5 nitrogen and oxygen atoms in total. The minimum absolute atomic E-state index is 0.0142. The highest BCUT2D eigenvalue weighted by molar-refractivity contribution is 5.98. The number of amides is 1. The predicted molar refractivity (Wildman–Crippen MR) is 75.9 cm³/mol. The van der Waals surface area contributed by atoms with E-state index in [1.54, 1.807) is 11.7 Å². The summed E-state index contributed by atoms with van der Waals surface area (Å²) in [6, 6.07) is 0.325. The standard InChI is InChI=1S/C14H24N4O/c1-9-6-5-7-11(8-9)17(3)14(19)13-12(15)10(2)16-18(13)4/h9,11H,5-8,15H2,1-4H3. The van der Waals surface area contributed by atoms with Crippen LogP contribution in [0.3, 0.4) is 0 Å². The Morgan fingerprint density at radius 2 is 2.16 bits per heavy atom. The fourth-order valence-corrected chi connectivity index (χ4v) is 3.01. The lowest BCUT2D eigenvalue weighted by Gasteiger charge is -2.34. The molecule has 1 fully saturated rings. The van der Waals surface area contributed by atoms with E-state index < -0.39 is 0 Å². The van der Waals surface area contributed by atoms with Crippen LogP contribution in [0, 0.1) is 12.8 Å². The fourth-order valence-electron chi connectivity index (χ4n) is 3.01. The summed E-state index contributed by atoms with van der Waals surface area (Å²) in [5.74, 6) is 0.680. The van der Waals surface area contributed by atoms with E-state index in [1.807, 2.05) is 18.9 Å². The number of nitrogens with two attached hydrogens (primary N) is 1. The lowest BCUT2D eigenvalue weighted by Crippen LogP contribution is -2.40. The van der Waals surface area contributed by atoms with Crippen LogP contribution in [0.2, 0.25) is 0 Å². The molecule has 2 N–H and O–H groups in total. The van der Waals surface area contributed by atoms with Crippen molar-refractivity contribution in [3.63, 3.8) is 0 Å². The first-order valence-electron chi connectivity index (χ1n) is 6.98. The van der Waals surface area contributed by atoms with Gasteiger partial charge in [0.25, 0.3) is 5.91 Å². The Kier molecular flexibility index (Phi) is 3.83. The zero-order valence-corrected chi connectivity index (χ0v) is 12.3. The van der Waals surface area contributed by atoms with Crippen LogP contribution in [-0.2, 0) is 7.05 Å². The van der Waals surface area contributed by atoms with Gasteiger partial charge in [0.05, 0.1) is 11.4 Å². The van der Waals surface area contributed by atoms with Gasteiger partial charge in [-0.1, -0.05) is 19.8 Å². The van der Waals surface area contributed by atoms with Crippen molar-refractivity contribution in [2.24, 2.45) is 13.0 Å². The van der Waals surface area contributed by atoms with Crippen molar-refractivity contribution in [1.82, 2.24) is 14.7 Å². The van der Waals surface area contributed by atoms with Gasteiger partial charge in [-0.15, -0.1) is 0 Å². The summed E-state index contributed by atoms with van der Waals surface area (Å²) >= 11 is 0. The molecule has 0 aliphatic heterocycles. The van der Waals surface area contributed by atoms with Crippen LogP contribution in [0.25, 0.3) is 0 Å². The number of carbonyl (C=O) groups excluding carboxylic acids is 1. The molecule has 0 radical (unpaired) electrons. The number of carbonyl (C=O) groups is 1. The number of hydrogen-bond donors (Lipinski definition) is 1. The summed E-state index contributed by atoms with van der Waals surface area (Å²) in [6.07, 6.45) is 4.64. The summed E-state index contributed by atoms with van der Waals surface area (Å²) in [4.78, 5) is 14.4. The molecule has 1 saturated carbocycles. The van der Waals surface area contributed by atoms with Gasteiger partial charge in [-0.25, -0.2) is 0 Å². The van der Waals surface area contributed by atoms with Crippen LogP contribution < -0.4 is 5.73 Å². The molecule has 1 amide bonds. The van der Waals surface area contributed by atoms with Crippen LogP contribution in [0.1, 0.15) is 48.8 Å². The lowest BCUT2D eigenvalue weighted by molar-refractivity contribution is 0.0662. The van der Waals surface area contributed by atoms with Gasteiger partial charge < -0.3 is 10.6 Å². The van der Waals surface area contributed by atoms with Gasteiger partial charge in [0.2, 0.25) is 0 Å². The maximum absolute atomic E-state index is 12.6. The van der Waals surface area contributed by atoms with Crippen LogP contribution >= 0.6 is 0 Å². The third-order valence-electron chi connectivity index (χ3n) is 4.25. The maximum Gasteiger partial charge on any atom is 0.274 e. The van der Waals surface area contributed by atoms with Crippen molar-refractivity contribution in [3.05, 3.63) is 11.4 Å². The summed E-state index contributed by atoms with van der Waals surface area (Å²) < 4.78 is 1.59. The lowest BCUT2D eigenvalue weighted by atomic mass is 9.86. The first kappa shape index (κ1) is 13.9. The van der Waals surface area contributed by atoms with Gasteiger partial charge in [0, 0.05) is 20.1 Å². The van der Waals surface area contributed by atoms with E-state index in [9.17, 15) is 4.79 Å². The molecule has 2 unspecified atom stereocenters. The van der Waals surface area contributed by atoms with E-state index in [4.69, 9.17) is 5.73 Å². The third kappa shape index (κ3) is 2.60.